The van der Waals surface area contributed by atoms with Crippen molar-refractivity contribution in [3.63, 3.8) is 0 Å². The molecule has 30 heteroatoms. The van der Waals surface area contributed by atoms with Crippen LogP contribution < -0.4 is 0 Å². The molecule has 0 unspecified atom stereocenters. The fraction of sp³-hybridized carbons (Fsp3) is 0.611. The summed E-state index contributed by atoms with van der Waals surface area (Å²) in [7, 11) is 68.0. The third-order valence-electron chi connectivity index (χ3n) is 33.1. The minimum absolute atomic E-state index is 0.241. The van der Waals surface area contributed by atoms with E-state index in [2.05, 4.69) is 115 Å². The van der Waals surface area contributed by atoms with Crippen LogP contribution in [0.3, 0.4) is 0 Å². The van der Waals surface area contributed by atoms with Crippen LogP contribution in [0.25, 0.3) is 0 Å². The predicted octanol–water partition coefficient (Wildman–Crippen LogP) is 32.5. The van der Waals surface area contributed by atoms with Gasteiger partial charge >= 0.3 is 227 Å². The Bertz CT molecular complexity index is 4500. The molecule has 20 saturated carbocycles. The van der Waals surface area contributed by atoms with Crippen molar-refractivity contribution in [2.24, 2.45) is 125 Å². The Morgan fingerprint density at radius 1 is 0.268 bits per heavy atom. The van der Waals surface area contributed by atoms with Crippen molar-refractivity contribution >= 4 is 139 Å². The van der Waals surface area contributed by atoms with E-state index >= 15 is 0 Å². The average molecular weight is 2600 g/mol. The molecular formula is C108H144Cl12N6O6Zr6. The van der Waals surface area contributed by atoms with Crippen LogP contribution in [0, 0.1) is 136 Å². The minimum atomic E-state index is -0.826. The molecule has 0 radical (unpaired) electrons. The molecule has 0 saturated heterocycles. The van der Waals surface area contributed by atoms with Gasteiger partial charge in [0, 0.05) is 140 Å². The quantitative estimate of drug-likeness (QED) is 0.0587. The van der Waals surface area contributed by atoms with Gasteiger partial charge in [-0.2, -0.15) is 0 Å². The number of aromatic hydroxyl groups is 6. The van der Waals surface area contributed by atoms with E-state index in [0.717, 1.165) is 141 Å². The molecule has 26 rings (SSSR count). The van der Waals surface area contributed by atoms with E-state index in [1.807, 2.05) is 55.6 Å². The Kier molecular flexibility index (Phi) is 50.9. The van der Waals surface area contributed by atoms with Crippen molar-refractivity contribution in [2.75, 3.05) is 41.8 Å². The SMILES string of the molecule is CN=Cc1cc(C)cc(C23CC4CC(CC(C4)C2)C3)c1O.CN=Cc1cc(C)cc(C23CC4CC(CC(C4)C2)C3)c1O.CN=Cc1cc(C)cc(C23CC4CC(CC(C4)C2)C3)c1O.CN=Cc1cc(C)cc(C23CC4CC(CC(C4)C2)C3)c1O.CN=Cc1cccc(C)c1O.Cc1cc(C=NCCC(C)C)c(O)c(C23CC4CC(CC(C4)C2)C3)c1.[Cl][Zr][Cl].[Cl][Zr][Cl].[Cl][Zr][Cl].[Cl][Zr][Cl].[Cl][Zr][Cl].[Cl][Zr][Cl]. The van der Waals surface area contributed by atoms with E-state index in [1.54, 1.807) is 66.3 Å². The van der Waals surface area contributed by atoms with Crippen molar-refractivity contribution in [1.82, 2.24) is 0 Å². The van der Waals surface area contributed by atoms with Gasteiger partial charge in [-0.1, -0.05) is 56.3 Å². The number of aliphatic imine (C=N–C) groups is 6. The molecule has 20 aliphatic rings. The first-order valence-corrected chi connectivity index (χ1v) is 87.4. The average Bonchev–Trinajstić information content (AvgIpc) is 0.747. The van der Waals surface area contributed by atoms with Gasteiger partial charge in [0.1, 0.15) is 34.5 Å². The number of halogens is 12. The Morgan fingerprint density at radius 2 is 0.435 bits per heavy atom. The van der Waals surface area contributed by atoms with Crippen LogP contribution >= 0.6 is 102 Å². The van der Waals surface area contributed by atoms with Gasteiger partial charge in [0.25, 0.3) is 0 Å². The molecular weight excluding hydrogens is 2450 g/mol. The Labute approximate surface area is 938 Å². The summed E-state index contributed by atoms with van der Waals surface area (Å²) in [5.41, 5.74) is 19.7. The molecule has 20 aliphatic carbocycles. The van der Waals surface area contributed by atoms with E-state index in [0.29, 0.717) is 40.4 Å². The summed E-state index contributed by atoms with van der Waals surface area (Å²) in [6.45, 7) is 17.9. The van der Waals surface area contributed by atoms with Crippen LogP contribution in [-0.2, 0) is 152 Å². The zero-order chi connectivity index (χ0) is 101. The number of benzene rings is 6. The van der Waals surface area contributed by atoms with E-state index in [-0.39, 0.29) is 27.1 Å². The normalized spacial score (nSPS) is 30.4. The molecule has 0 spiro atoms. The van der Waals surface area contributed by atoms with Crippen molar-refractivity contribution < 1.29 is 156 Å². The number of para-hydroxylation sites is 1. The molecule has 6 N–H and O–H groups in total. The number of hydrogen-bond acceptors (Lipinski definition) is 12. The van der Waals surface area contributed by atoms with Crippen LogP contribution in [0.5, 0.6) is 34.5 Å². The zero-order valence-corrected chi connectivity index (χ0v) is 107. The molecule has 0 aromatic heterocycles. The first-order valence-electron chi connectivity index (χ1n) is 49.4. The molecule has 6 aromatic carbocycles. The molecule has 0 aliphatic heterocycles. The monoisotopic (exact) mass is 2580 g/mol. The van der Waals surface area contributed by atoms with E-state index < -0.39 is 125 Å². The number of rotatable bonds is 14. The molecule has 20 bridgehead atoms. The van der Waals surface area contributed by atoms with Gasteiger partial charge in [0.2, 0.25) is 0 Å². The van der Waals surface area contributed by atoms with Gasteiger partial charge in [0.05, 0.1) is 0 Å². The number of phenols is 6. The van der Waals surface area contributed by atoms with E-state index in [4.69, 9.17) is 102 Å². The second kappa shape index (κ2) is 58.1. The Hall–Kier alpha value is 0.919. The zero-order valence-electron chi connectivity index (χ0n) is 82.7. The van der Waals surface area contributed by atoms with Crippen LogP contribution in [0.1, 0.15) is 307 Å². The fourth-order valence-corrected chi connectivity index (χ4v) is 30.7. The van der Waals surface area contributed by atoms with Gasteiger partial charge in [-0.3, -0.25) is 30.0 Å². The van der Waals surface area contributed by atoms with Crippen molar-refractivity contribution in [3.05, 3.63) is 173 Å². The molecule has 0 atom stereocenters. The molecule has 750 valence electrons. The van der Waals surface area contributed by atoms with Crippen LogP contribution in [-0.4, -0.2) is 110 Å². The van der Waals surface area contributed by atoms with Crippen LogP contribution in [0.2, 0.25) is 0 Å². The number of hydrogen-bond donors (Lipinski definition) is 6. The molecule has 12 nitrogen and oxygen atoms in total. The first kappa shape index (κ1) is 121. The number of nitrogens with zero attached hydrogens (tertiary/aromatic N) is 6. The van der Waals surface area contributed by atoms with E-state index in [9.17, 15) is 30.6 Å². The van der Waals surface area contributed by atoms with Gasteiger partial charge in [-0.15, -0.1) is 0 Å². The van der Waals surface area contributed by atoms with Crippen molar-refractivity contribution in [3.8, 4) is 34.5 Å². The fourth-order valence-electron chi connectivity index (χ4n) is 30.7. The first-order chi connectivity index (χ1) is 66.1. The third kappa shape index (κ3) is 31.8. The second-order valence-corrected chi connectivity index (χ2v) is 66.2. The maximum absolute atomic E-state index is 11.1. The van der Waals surface area contributed by atoms with Crippen LogP contribution in [0.15, 0.2) is 109 Å². The standard InChI is InChI=1S/C23H33NO.4C19H25NO.C9H11NO.12ClH.6Zr/c1-15(2)4-5-24-14-20-6-16(3)7-21(22(20)25)23-11-17-8-18(12-23)10-19(9-17)13-23;4*1-12-3-16(11-20-2)18(21)17(4-12)19-8-13-5-14(9-19)7-15(6-13)10-19;1-7-4-3-5-8(6-10-2)9(7)11;;;;;;;;;;;;;;;;;;/h6-7,14-15,17-19,25H,4-5,8-13H2,1-3H3;4*3-4,11,13-15,21H,5-10H2,1-2H3;3-6,11H,1-2H3;12*1H;;;;;;/q;;;;;;;;;;;;;;;;;;6*+2/p-12. The molecule has 0 heterocycles. The molecule has 6 aromatic rings. The Balaban J connectivity index is 0.000000166. The number of phenolic OH excluding ortho intramolecular Hbond substituents is 6. The molecule has 20 fully saturated rings. The van der Waals surface area contributed by atoms with Crippen molar-refractivity contribution in [2.45, 2.75) is 282 Å². The summed E-state index contributed by atoms with van der Waals surface area (Å²) in [6.07, 6.45) is 52.8. The van der Waals surface area contributed by atoms with Gasteiger partial charge in [-0.25, -0.2) is 0 Å². The summed E-state index contributed by atoms with van der Waals surface area (Å²) in [5, 5.41) is 63.8. The van der Waals surface area contributed by atoms with Gasteiger partial charge in [-0.05, 0) is 432 Å². The van der Waals surface area contributed by atoms with E-state index in [1.165, 1.54) is 248 Å². The summed E-state index contributed by atoms with van der Waals surface area (Å²) >= 11 is -4.95. The number of aryl methyl sites for hydroxylation is 6. The summed E-state index contributed by atoms with van der Waals surface area (Å²) in [6, 6.07) is 27.1. The summed E-state index contributed by atoms with van der Waals surface area (Å²) in [4.78, 5) is 24.9. The summed E-state index contributed by atoms with van der Waals surface area (Å²) in [5.74, 6) is 17.0. The third-order valence-corrected chi connectivity index (χ3v) is 33.1. The van der Waals surface area contributed by atoms with Crippen LogP contribution in [0.4, 0.5) is 0 Å². The Morgan fingerprint density at radius 3 is 0.601 bits per heavy atom. The molecule has 138 heavy (non-hydrogen) atoms. The summed E-state index contributed by atoms with van der Waals surface area (Å²) < 4.78 is 0. The van der Waals surface area contributed by atoms with Gasteiger partial charge < -0.3 is 30.6 Å². The molecule has 0 amide bonds. The second-order valence-electron chi connectivity index (χ2n) is 43.8. The predicted molar refractivity (Wildman–Crippen MR) is 566 cm³/mol. The topological polar surface area (TPSA) is 196 Å². The van der Waals surface area contributed by atoms with Gasteiger partial charge in [0.15, 0.2) is 0 Å². The maximum atomic E-state index is 11.1. The van der Waals surface area contributed by atoms with Crippen molar-refractivity contribution in [1.29, 1.82) is 0 Å².